The molecule has 2 aromatic rings. The van der Waals surface area contributed by atoms with Gasteiger partial charge >= 0.3 is 0 Å². The largest absolute Gasteiger partial charge is 0.308 e. The van der Waals surface area contributed by atoms with Gasteiger partial charge in [0.15, 0.2) is 0 Å². The number of hydrogen-bond donors (Lipinski definition) is 1. The lowest BCUT2D eigenvalue weighted by atomic mass is 10.0. The van der Waals surface area contributed by atoms with Crippen LogP contribution in [0.15, 0.2) is 33.3 Å². The number of nitrogens with one attached hydrogen (secondary N) is 1. The predicted molar refractivity (Wildman–Crippen MR) is 81.0 cm³/mol. The molecule has 0 aliphatic rings. The maximum Gasteiger partial charge on any atom is 0.0757 e. The third-order valence-corrected chi connectivity index (χ3v) is 4.62. The minimum atomic E-state index is 0.0393. The first-order valence-corrected chi connectivity index (χ1v) is 7.30. The molecule has 3 nitrogen and oxygen atoms in total. The molecule has 1 aromatic carbocycles. The van der Waals surface area contributed by atoms with Crippen LogP contribution >= 0.6 is 43.5 Å². The van der Waals surface area contributed by atoms with Gasteiger partial charge < -0.3 is 5.32 Å². The van der Waals surface area contributed by atoms with E-state index in [0.29, 0.717) is 5.02 Å². The lowest BCUT2D eigenvalue weighted by Crippen LogP contribution is -2.21. The number of hydrogen-bond acceptors (Lipinski definition) is 2. The third-order valence-electron chi connectivity index (χ3n) is 2.78. The monoisotopic (exact) mass is 391 g/mol. The van der Waals surface area contributed by atoms with Gasteiger partial charge in [-0.2, -0.15) is 5.10 Å². The second kappa shape index (κ2) is 5.74. The second-order valence-electron chi connectivity index (χ2n) is 3.90. The zero-order valence-electron chi connectivity index (χ0n) is 9.92. The Balaban J connectivity index is 2.48. The Morgan fingerprint density at radius 3 is 2.56 bits per heavy atom. The zero-order chi connectivity index (χ0) is 13.3. The summed E-state index contributed by atoms with van der Waals surface area (Å²) in [6.45, 7) is 0. The molecular formula is C12H12Br2ClN3. The van der Waals surface area contributed by atoms with Gasteiger partial charge in [0.25, 0.3) is 0 Å². The van der Waals surface area contributed by atoms with Gasteiger partial charge in [0.1, 0.15) is 0 Å². The summed E-state index contributed by atoms with van der Waals surface area (Å²) in [4.78, 5) is 0. The molecule has 0 radical (unpaired) electrons. The molecule has 1 atom stereocenters. The van der Waals surface area contributed by atoms with Gasteiger partial charge in [-0.05, 0) is 56.6 Å². The third kappa shape index (κ3) is 2.64. The Kier molecular flexibility index (Phi) is 4.48. The van der Waals surface area contributed by atoms with Crippen LogP contribution in [0.1, 0.15) is 17.3 Å². The van der Waals surface area contributed by atoms with Crippen molar-refractivity contribution in [1.82, 2.24) is 15.1 Å². The van der Waals surface area contributed by atoms with E-state index in [4.69, 9.17) is 11.6 Å². The molecule has 1 unspecified atom stereocenters. The molecule has 1 aromatic heterocycles. The van der Waals surface area contributed by atoms with Gasteiger partial charge in [0.05, 0.1) is 27.4 Å². The van der Waals surface area contributed by atoms with Crippen molar-refractivity contribution in [2.45, 2.75) is 6.04 Å². The number of benzene rings is 1. The van der Waals surface area contributed by atoms with Gasteiger partial charge in [-0.1, -0.05) is 17.7 Å². The van der Waals surface area contributed by atoms with Crippen molar-refractivity contribution in [3.8, 4) is 0 Å². The van der Waals surface area contributed by atoms with Crippen molar-refractivity contribution in [2.24, 2.45) is 7.05 Å². The highest BCUT2D eigenvalue weighted by molar-refractivity contribution is 9.10. The van der Waals surface area contributed by atoms with Crippen molar-refractivity contribution in [3.63, 3.8) is 0 Å². The minimum absolute atomic E-state index is 0.0393. The first-order valence-electron chi connectivity index (χ1n) is 5.34. The van der Waals surface area contributed by atoms with E-state index in [2.05, 4.69) is 42.3 Å². The van der Waals surface area contributed by atoms with Gasteiger partial charge in [-0.25, -0.2) is 0 Å². The lowest BCUT2D eigenvalue weighted by Gasteiger charge is -2.18. The maximum absolute atomic E-state index is 6.15. The quantitative estimate of drug-likeness (QED) is 0.857. The van der Waals surface area contributed by atoms with Crippen molar-refractivity contribution in [3.05, 3.63) is 49.6 Å². The van der Waals surface area contributed by atoms with E-state index in [9.17, 15) is 0 Å². The van der Waals surface area contributed by atoms with Crippen LogP contribution in [-0.2, 0) is 7.05 Å². The van der Waals surface area contributed by atoms with Crippen LogP contribution < -0.4 is 5.32 Å². The van der Waals surface area contributed by atoms with Crippen molar-refractivity contribution >= 4 is 43.5 Å². The molecule has 0 saturated carbocycles. The standard InChI is InChI=1S/C12H12Br2ClN3/c1-16-11(12-9(14)6-17-18(12)2)7-3-4-8(13)10(15)5-7/h3-6,11,16H,1-2H3. The van der Waals surface area contributed by atoms with Crippen LogP contribution in [-0.4, -0.2) is 16.8 Å². The summed E-state index contributed by atoms with van der Waals surface area (Å²) < 4.78 is 3.72. The van der Waals surface area contributed by atoms with Gasteiger partial charge in [-0.15, -0.1) is 0 Å². The Labute approximate surface area is 128 Å². The van der Waals surface area contributed by atoms with Crippen LogP contribution in [0.5, 0.6) is 0 Å². The van der Waals surface area contributed by atoms with Crippen LogP contribution in [0.2, 0.25) is 5.02 Å². The maximum atomic E-state index is 6.15. The smallest absolute Gasteiger partial charge is 0.0757 e. The molecule has 0 fully saturated rings. The summed E-state index contributed by atoms with van der Waals surface area (Å²) >= 11 is 13.1. The number of halogens is 3. The fourth-order valence-corrected chi connectivity index (χ4v) is 2.91. The fourth-order valence-electron chi connectivity index (χ4n) is 1.90. The molecule has 1 N–H and O–H groups in total. The SMILES string of the molecule is CNC(c1ccc(Br)c(Cl)c1)c1c(Br)cnn1C. The van der Waals surface area contributed by atoms with E-state index in [0.717, 1.165) is 20.2 Å². The number of aromatic nitrogens is 2. The Morgan fingerprint density at radius 2 is 2.06 bits per heavy atom. The van der Waals surface area contributed by atoms with Gasteiger partial charge in [-0.3, -0.25) is 4.68 Å². The minimum Gasteiger partial charge on any atom is -0.308 e. The van der Waals surface area contributed by atoms with Crippen LogP contribution in [0.3, 0.4) is 0 Å². The van der Waals surface area contributed by atoms with E-state index in [1.807, 2.05) is 37.0 Å². The molecule has 2 rings (SSSR count). The lowest BCUT2D eigenvalue weighted by molar-refractivity contribution is 0.604. The van der Waals surface area contributed by atoms with Gasteiger partial charge in [0.2, 0.25) is 0 Å². The first-order chi connectivity index (χ1) is 8.54. The summed E-state index contributed by atoms with van der Waals surface area (Å²) in [5.41, 5.74) is 2.16. The normalized spacial score (nSPS) is 12.7. The first kappa shape index (κ1) is 14.1. The molecule has 96 valence electrons. The fraction of sp³-hybridized carbons (Fsp3) is 0.250. The molecule has 0 spiro atoms. The molecule has 1 heterocycles. The number of aryl methyl sites for hydroxylation is 1. The molecule has 0 bridgehead atoms. The topological polar surface area (TPSA) is 29.9 Å². The highest BCUT2D eigenvalue weighted by Crippen LogP contribution is 2.31. The zero-order valence-corrected chi connectivity index (χ0v) is 13.8. The predicted octanol–water partition coefficient (Wildman–Crippen LogP) is 3.91. The molecule has 0 amide bonds. The highest BCUT2D eigenvalue weighted by Gasteiger charge is 2.19. The average Bonchev–Trinajstić information content (AvgIpc) is 2.66. The molecule has 0 aliphatic heterocycles. The molecule has 0 aliphatic carbocycles. The van der Waals surface area contributed by atoms with E-state index in [1.54, 1.807) is 6.20 Å². The summed E-state index contributed by atoms with van der Waals surface area (Å²) in [6.07, 6.45) is 1.79. The highest BCUT2D eigenvalue weighted by atomic mass is 79.9. The Hall–Kier alpha value is -0.360. The summed E-state index contributed by atoms with van der Waals surface area (Å²) in [5, 5.41) is 8.22. The average molecular weight is 394 g/mol. The van der Waals surface area contributed by atoms with E-state index in [-0.39, 0.29) is 6.04 Å². The van der Waals surface area contributed by atoms with Crippen molar-refractivity contribution < 1.29 is 0 Å². The van der Waals surface area contributed by atoms with E-state index in [1.165, 1.54) is 0 Å². The summed E-state index contributed by atoms with van der Waals surface area (Å²) in [5.74, 6) is 0. The van der Waals surface area contributed by atoms with Crippen molar-refractivity contribution in [1.29, 1.82) is 0 Å². The van der Waals surface area contributed by atoms with Crippen LogP contribution in [0.4, 0.5) is 0 Å². The molecular weight excluding hydrogens is 381 g/mol. The van der Waals surface area contributed by atoms with Crippen LogP contribution in [0, 0.1) is 0 Å². The van der Waals surface area contributed by atoms with Crippen molar-refractivity contribution in [2.75, 3.05) is 7.05 Å². The number of rotatable bonds is 3. The van der Waals surface area contributed by atoms with E-state index < -0.39 is 0 Å². The van der Waals surface area contributed by atoms with Gasteiger partial charge in [0, 0.05) is 11.5 Å². The molecule has 6 heteroatoms. The second-order valence-corrected chi connectivity index (χ2v) is 6.01. The molecule has 18 heavy (non-hydrogen) atoms. The molecule has 0 saturated heterocycles. The van der Waals surface area contributed by atoms with E-state index >= 15 is 0 Å². The summed E-state index contributed by atoms with van der Waals surface area (Å²) in [7, 11) is 3.84. The number of nitrogens with zero attached hydrogens (tertiary/aromatic N) is 2. The van der Waals surface area contributed by atoms with Crippen LogP contribution in [0.25, 0.3) is 0 Å². The Bertz CT molecular complexity index is 549. The Morgan fingerprint density at radius 1 is 1.33 bits per heavy atom. The summed E-state index contributed by atoms with van der Waals surface area (Å²) in [6, 6.07) is 5.98.